The Balaban J connectivity index is 1.34. The Morgan fingerprint density at radius 2 is 1.81 bits per heavy atom. The van der Waals surface area contributed by atoms with Crippen molar-refractivity contribution >= 4 is 35.0 Å². The second-order valence-electron chi connectivity index (χ2n) is 6.50. The number of nitrogens with zero attached hydrogens (tertiary/aromatic N) is 2. The van der Waals surface area contributed by atoms with Crippen molar-refractivity contribution in [3.8, 4) is 17.2 Å². The minimum Gasteiger partial charge on any atom is -0.504 e. The van der Waals surface area contributed by atoms with E-state index in [1.807, 2.05) is 36.4 Å². The van der Waals surface area contributed by atoms with E-state index in [0.29, 0.717) is 16.5 Å². The number of benzene rings is 3. The number of hydrazone groups is 1. The van der Waals surface area contributed by atoms with Crippen molar-refractivity contribution in [3.05, 3.63) is 77.4 Å². The summed E-state index contributed by atoms with van der Waals surface area (Å²) in [5.74, 6) is -1.43. The number of carbonyl (C=O) groups excluding carboxylic acids is 1. The van der Waals surface area contributed by atoms with E-state index >= 15 is 0 Å². The summed E-state index contributed by atoms with van der Waals surface area (Å²) in [6.45, 7) is 0. The Kier molecular flexibility index (Phi) is 5.76. The molecule has 4 N–H and O–H groups in total. The molecule has 0 aliphatic heterocycles. The molecule has 9 heteroatoms. The van der Waals surface area contributed by atoms with E-state index in [1.54, 1.807) is 12.1 Å². The van der Waals surface area contributed by atoms with Crippen molar-refractivity contribution in [3.63, 3.8) is 0 Å². The summed E-state index contributed by atoms with van der Waals surface area (Å²) >= 11 is 1.46. The lowest BCUT2D eigenvalue weighted by Gasteiger charge is -2.04. The van der Waals surface area contributed by atoms with Gasteiger partial charge in [0.25, 0.3) is 11.1 Å². The van der Waals surface area contributed by atoms with Gasteiger partial charge in [-0.3, -0.25) is 4.79 Å². The predicted molar refractivity (Wildman–Crippen MR) is 117 cm³/mol. The quantitative estimate of drug-likeness (QED) is 0.156. The zero-order chi connectivity index (χ0) is 21.8. The van der Waals surface area contributed by atoms with Crippen LogP contribution in [0.1, 0.15) is 21.5 Å². The molecule has 0 bridgehead atoms. The van der Waals surface area contributed by atoms with Crippen LogP contribution in [0.25, 0.3) is 11.1 Å². The van der Waals surface area contributed by atoms with Crippen LogP contribution in [0.3, 0.4) is 0 Å². The maximum atomic E-state index is 12.2. The smallest absolute Gasteiger partial charge is 0.271 e. The van der Waals surface area contributed by atoms with Gasteiger partial charge < -0.3 is 19.7 Å². The number of amides is 1. The highest BCUT2D eigenvalue weighted by Gasteiger charge is 2.10. The first-order chi connectivity index (χ1) is 15.0. The second-order valence-corrected chi connectivity index (χ2v) is 7.43. The Morgan fingerprint density at radius 1 is 1.03 bits per heavy atom. The Bertz CT molecular complexity index is 1240. The number of rotatable bonds is 6. The summed E-state index contributed by atoms with van der Waals surface area (Å²) in [6.07, 6.45) is 1.16. The number of hydrogen-bond donors (Lipinski definition) is 4. The fourth-order valence-corrected chi connectivity index (χ4v) is 3.52. The minimum absolute atomic E-state index is 0.141. The van der Waals surface area contributed by atoms with Crippen LogP contribution in [-0.2, 0) is 5.75 Å². The largest absolute Gasteiger partial charge is 0.504 e. The molecule has 0 atom stereocenters. The third kappa shape index (κ3) is 4.62. The first kappa shape index (κ1) is 20.3. The molecule has 1 amide bonds. The molecule has 156 valence electrons. The van der Waals surface area contributed by atoms with Gasteiger partial charge in [-0.05, 0) is 42.0 Å². The molecule has 0 radical (unpaired) electrons. The number of hydrogen-bond acceptors (Lipinski definition) is 8. The van der Waals surface area contributed by atoms with Crippen molar-refractivity contribution in [1.82, 2.24) is 10.4 Å². The van der Waals surface area contributed by atoms with Crippen molar-refractivity contribution < 1.29 is 24.5 Å². The lowest BCUT2D eigenvalue weighted by atomic mass is 10.1. The number of oxazole rings is 1. The van der Waals surface area contributed by atoms with E-state index < -0.39 is 23.2 Å². The van der Waals surface area contributed by atoms with E-state index in [0.717, 1.165) is 22.9 Å². The molecule has 0 saturated carbocycles. The molecule has 0 spiro atoms. The molecule has 0 unspecified atom stereocenters. The summed E-state index contributed by atoms with van der Waals surface area (Å²) in [7, 11) is 0. The van der Waals surface area contributed by atoms with Crippen LogP contribution in [0.5, 0.6) is 17.2 Å². The highest BCUT2D eigenvalue weighted by molar-refractivity contribution is 7.98. The number of thioether (sulfide) groups is 1. The van der Waals surface area contributed by atoms with Crippen LogP contribution >= 0.6 is 11.8 Å². The van der Waals surface area contributed by atoms with Crippen LogP contribution in [-0.4, -0.2) is 32.4 Å². The Hall–Kier alpha value is -3.98. The van der Waals surface area contributed by atoms with Gasteiger partial charge in [0.05, 0.1) is 6.21 Å². The van der Waals surface area contributed by atoms with Gasteiger partial charge in [-0.2, -0.15) is 5.10 Å². The molecule has 4 rings (SSSR count). The standard InChI is InChI=1S/C22H17N3O5S/c26-17-10-9-15(19(27)20(17)28)11-23-25-21(29)14-7-5-13(6-8-14)12-31-22-24-16-3-1-2-4-18(16)30-22/h1-11,26-28H,12H2,(H,25,29). The average molecular weight is 435 g/mol. The molecule has 0 aliphatic carbocycles. The summed E-state index contributed by atoms with van der Waals surface area (Å²) in [5.41, 5.74) is 5.45. The molecule has 0 saturated heterocycles. The van der Waals surface area contributed by atoms with Crippen LogP contribution in [0.4, 0.5) is 0 Å². The van der Waals surface area contributed by atoms with Gasteiger partial charge in [0.15, 0.2) is 17.1 Å². The molecule has 1 aromatic heterocycles. The van der Waals surface area contributed by atoms with Crippen molar-refractivity contribution in [1.29, 1.82) is 0 Å². The zero-order valence-electron chi connectivity index (χ0n) is 16.0. The van der Waals surface area contributed by atoms with Crippen molar-refractivity contribution in [2.75, 3.05) is 0 Å². The monoisotopic (exact) mass is 435 g/mol. The molecule has 1 heterocycles. The van der Waals surface area contributed by atoms with Crippen LogP contribution in [0.15, 0.2) is 75.4 Å². The van der Waals surface area contributed by atoms with Crippen molar-refractivity contribution in [2.24, 2.45) is 5.10 Å². The van der Waals surface area contributed by atoms with Crippen LogP contribution < -0.4 is 5.43 Å². The molecular weight excluding hydrogens is 418 g/mol. The molecule has 31 heavy (non-hydrogen) atoms. The van der Waals surface area contributed by atoms with Gasteiger partial charge >= 0.3 is 0 Å². The predicted octanol–water partition coefficient (Wildman–Crippen LogP) is 4.00. The van der Waals surface area contributed by atoms with Crippen molar-refractivity contribution in [2.45, 2.75) is 11.0 Å². The van der Waals surface area contributed by atoms with Gasteiger partial charge in [0, 0.05) is 16.9 Å². The molecule has 0 aliphatic rings. The van der Waals surface area contributed by atoms with E-state index in [2.05, 4.69) is 15.5 Å². The molecule has 4 aromatic rings. The number of fused-ring (bicyclic) bond motifs is 1. The first-order valence-electron chi connectivity index (χ1n) is 9.16. The third-order valence-corrected chi connectivity index (χ3v) is 5.28. The lowest BCUT2D eigenvalue weighted by molar-refractivity contribution is 0.0955. The Morgan fingerprint density at radius 3 is 2.58 bits per heavy atom. The Labute approximate surface area is 180 Å². The lowest BCUT2D eigenvalue weighted by Crippen LogP contribution is -2.17. The van der Waals surface area contributed by atoms with E-state index in [1.165, 1.54) is 23.9 Å². The minimum atomic E-state index is -0.651. The molecule has 8 nitrogen and oxygen atoms in total. The first-order valence-corrected chi connectivity index (χ1v) is 10.1. The van der Waals surface area contributed by atoms with Gasteiger partial charge in [-0.1, -0.05) is 36.0 Å². The SMILES string of the molecule is O=C(NN=Cc1ccc(O)c(O)c1O)c1ccc(CSc2nc3ccccc3o2)cc1. The van der Waals surface area contributed by atoms with Gasteiger partial charge in [0.1, 0.15) is 5.52 Å². The summed E-state index contributed by atoms with van der Waals surface area (Å²) in [4.78, 5) is 16.6. The number of aromatic hydroxyl groups is 3. The summed E-state index contributed by atoms with van der Waals surface area (Å²) in [5, 5.41) is 32.9. The van der Waals surface area contributed by atoms with Gasteiger partial charge in [-0.25, -0.2) is 10.4 Å². The second kappa shape index (κ2) is 8.80. The maximum Gasteiger partial charge on any atom is 0.271 e. The van der Waals surface area contributed by atoms with Crippen LogP contribution in [0, 0.1) is 0 Å². The molecular formula is C22H17N3O5S. The average Bonchev–Trinajstić information content (AvgIpc) is 3.21. The highest BCUT2D eigenvalue weighted by Crippen LogP contribution is 2.36. The molecule has 3 aromatic carbocycles. The number of para-hydroxylation sites is 2. The number of phenols is 3. The topological polar surface area (TPSA) is 128 Å². The number of phenolic OH excluding ortho intramolecular Hbond substituents is 3. The fraction of sp³-hybridized carbons (Fsp3) is 0.0455. The third-order valence-electron chi connectivity index (χ3n) is 4.38. The van der Waals surface area contributed by atoms with E-state index in [-0.39, 0.29) is 5.56 Å². The zero-order valence-corrected chi connectivity index (χ0v) is 16.8. The maximum absolute atomic E-state index is 12.2. The summed E-state index contributed by atoms with van der Waals surface area (Å²) < 4.78 is 5.68. The number of aromatic nitrogens is 1. The van der Waals surface area contributed by atoms with Gasteiger partial charge in [-0.15, -0.1) is 0 Å². The number of carbonyl (C=O) groups is 1. The normalized spacial score (nSPS) is 11.2. The summed E-state index contributed by atoms with van der Waals surface area (Å²) in [6, 6.07) is 17.1. The van der Waals surface area contributed by atoms with E-state index in [4.69, 9.17) is 4.42 Å². The van der Waals surface area contributed by atoms with Gasteiger partial charge in [0.2, 0.25) is 5.75 Å². The number of nitrogens with one attached hydrogen (secondary N) is 1. The molecule has 0 fully saturated rings. The fourth-order valence-electron chi connectivity index (χ4n) is 2.72. The van der Waals surface area contributed by atoms with Crippen LogP contribution in [0.2, 0.25) is 0 Å². The highest BCUT2D eigenvalue weighted by atomic mass is 32.2. The van der Waals surface area contributed by atoms with E-state index in [9.17, 15) is 20.1 Å².